The van der Waals surface area contributed by atoms with Gasteiger partial charge in [0.25, 0.3) is 0 Å². The second kappa shape index (κ2) is 5.89. The van der Waals surface area contributed by atoms with Crippen LogP contribution in [-0.4, -0.2) is 28.1 Å². The van der Waals surface area contributed by atoms with Crippen molar-refractivity contribution < 1.29 is 9.53 Å². The monoisotopic (exact) mass is 303 g/mol. The van der Waals surface area contributed by atoms with Crippen molar-refractivity contribution in [3.63, 3.8) is 0 Å². The molecule has 0 unspecified atom stereocenters. The van der Waals surface area contributed by atoms with Gasteiger partial charge in [-0.2, -0.15) is 0 Å². The van der Waals surface area contributed by atoms with Crippen molar-refractivity contribution in [1.29, 1.82) is 0 Å². The van der Waals surface area contributed by atoms with Gasteiger partial charge in [0.2, 0.25) is 5.16 Å². The average Bonchev–Trinajstić information content (AvgIpc) is 3.23. The molecule has 6 heteroatoms. The van der Waals surface area contributed by atoms with Crippen LogP contribution in [0.15, 0.2) is 23.4 Å². The van der Waals surface area contributed by atoms with E-state index in [2.05, 4.69) is 15.2 Å². The third-order valence-electron chi connectivity index (χ3n) is 3.49. The molecule has 1 aliphatic carbocycles. The van der Waals surface area contributed by atoms with Crippen molar-refractivity contribution in [2.24, 2.45) is 0 Å². The summed E-state index contributed by atoms with van der Waals surface area (Å²) in [4.78, 5) is 16.0. The number of rotatable bonds is 6. The molecule has 3 rings (SSSR count). The number of ketones is 1. The fourth-order valence-electron chi connectivity index (χ4n) is 2.11. The van der Waals surface area contributed by atoms with E-state index in [0.717, 1.165) is 22.3 Å². The predicted molar refractivity (Wildman–Crippen MR) is 80.9 cm³/mol. The number of carbonyl (C=O) groups is 1. The van der Waals surface area contributed by atoms with Gasteiger partial charge in [0.1, 0.15) is 11.6 Å². The van der Waals surface area contributed by atoms with E-state index in [0.29, 0.717) is 17.2 Å². The van der Waals surface area contributed by atoms with E-state index in [1.54, 1.807) is 31.9 Å². The molecule has 0 spiro atoms. The molecule has 110 valence electrons. The van der Waals surface area contributed by atoms with Crippen LogP contribution in [0.1, 0.15) is 47.4 Å². The maximum atomic E-state index is 11.5. The molecule has 0 bridgehead atoms. The zero-order valence-electron chi connectivity index (χ0n) is 12.0. The molecule has 0 saturated heterocycles. The van der Waals surface area contributed by atoms with Gasteiger partial charge < -0.3 is 4.74 Å². The molecule has 1 aliphatic rings. The number of nitrogens with zero attached hydrogens (tertiary/aromatic N) is 2. The number of benzene rings is 1. The lowest BCUT2D eigenvalue weighted by molar-refractivity contribution is 0.101. The summed E-state index contributed by atoms with van der Waals surface area (Å²) in [7, 11) is 1.63. The van der Waals surface area contributed by atoms with E-state index in [1.165, 1.54) is 12.8 Å². The fraction of sp³-hybridized carbons (Fsp3) is 0.400. The summed E-state index contributed by atoms with van der Waals surface area (Å²) in [6, 6.07) is 5.50. The molecule has 1 fully saturated rings. The molecule has 2 aromatic rings. The van der Waals surface area contributed by atoms with E-state index in [4.69, 9.17) is 4.74 Å². The van der Waals surface area contributed by atoms with Crippen molar-refractivity contribution in [3.05, 3.63) is 35.2 Å². The van der Waals surface area contributed by atoms with E-state index < -0.39 is 0 Å². The van der Waals surface area contributed by atoms with Gasteiger partial charge in [-0.3, -0.25) is 9.89 Å². The topological polar surface area (TPSA) is 67.9 Å². The van der Waals surface area contributed by atoms with E-state index in [-0.39, 0.29) is 5.78 Å². The largest absolute Gasteiger partial charge is 0.496 e. The molecule has 1 aromatic carbocycles. The Morgan fingerprint density at radius 1 is 1.48 bits per heavy atom. The Labute approximate surface area is 127 Å². The Morgan fingerprint density at radius 2 is 2.29 bits per heavy atom. The van der Waals surface area contributed by atoms with Crippen LogP contribution in [0.3, 0.4) is 0 Å². The summed E-state index contributed by atoms with van der Waals surface area (Å²) in [6.45, 7) is 1.57. The Balaban J connectivity index is 1.73. The fourth-order valence-corrected chi connectivity index (χ4v) is 2.90. The first-order chi connectivity index (χ1) is 10.2. The van der Waals surface area contributed by atoms with Crippen LogP contribution >= 0.6 is 11.8 Å². The van der Waals surface area contributed by atoms with Crippen LogP contribution in [0, 0.1) is 0 Å². The van der Waals surface area contributed by atoms with Gasteiger partial charge in [-0.15, -0.1) is 5.10 Å². The van der Waals surface area contributed by atoms with Gasteiger partial charge in [0, 0.05) is 22.8 Å². The average molecular weight is 303 g/mol. The lowest BCUT2D eigenvalue weighted by Gasteiger charge is -2.08. The van der Waals surface area contributed by atoms with E-state index in [9.17, 15) is 4.79 Å². The van der Waals surface area contributed by atoms with Crippen LogP contribution in [0.5, 0.6) is 5.75 Å². The Hall–Kier alpha value is -1.82. The quantitative estimate of drug-likeness (QED) is 0.655. The van der Waals surface area contributed by atoms with Gasteiger partial charge in [0.15, 0.2) is 5.78 Å². The van der Waals surface area contributed by atoms with Crippen LogP contribution in [0.4, 0.5) is 0 Å². The number of H-pyrrole nitrogens is 1. The SMILES string of the molecule is COc1ccc(C(C)=O)cc1CSc1n[nH]c(C2CC2)n1. The highest BCUT2D eigenvalue weighted by Crippen LogP contribution is 2.38. The maximum Gasteiger partial charge on any atom is 0.208 e. The minimum absolute atomic E-state index is 0.0535. The molecule has 0 atom stereocenters. The number of methoxy groups -OCH3 is 1. The van der Waals surface area contributed by atoms with Crippen molar-refractivity contribution in [2.45, 2.75) is 36.6 Å². The number of aromatic nitrogens is 3. The summed E-state index contributed by atoms with van der Waals surface area (Å²) >= 11 is 1.54. The Morgan fingerprint density at radius 3 is 2.95 bits per heavy atom. The molecular weight excluding hydrogens is 286 g/mol. The first-order valence-electron chi connectivity index (χ1n) is 6.90. The van der Waals surface area contributed by atoms with Crippen LogP contribution in [0.25, 0.3) is 0 Å². The maximum absolute atomic E-state index is 11.5. The number of aromatic amines is 1. The smallest absolute Gasteiger partial charge is 0.208 e. The van der Waals surface area contributed by atoms with Gasteiger partial charge in [-0.1, -0.05) is 11.8 Å². The molecule has 1 heterocycles. The third kappa shape index (κ3) is 3.26. The summed E-state index contributed by atoms with van der Waals surface area (Å²) in [6.07, 6.45) is 2.40. The molecule has 0 amide bonds. The highest BCUT2D eigenvalue weighted by atomic mass is 32.2. The normalized spacial score (nSPS) is 14.2. The lowest BCUT2D eigenvalue weighted by atomic mass is 10.1. The Kier molecular flexibility index (Phi) is 3.96. The van der Waals surface area contributed by atoms with Gasteiger partial charge in [0.05, 0.1) is 7.11 Å². The summed E-state index contributed by atoms with van der Waals surface area (Å²) in [5.41, 5.74) is 1.67. The molecular formula is C15H17N3O2S. The third-order valence-corrected chi connectivity index (χ3v) is 4.39. The van der Waals surface area contributed by atoms with Gasteiger partial charge in [-0.25, -0.2) is 4.98 Å². The molecule has 21 heavy (non-hydrogen) atoms. The number of hydrogen-bond donors (Lipinski definition) is 1. The molecule has 1 N–H and O–H groups in total. The van der Waals surface area contributed by atoms with Crippen molar-refractivity contribution in [3.8, 4) is 5.75 Å². The summed E-state index contributed by atoms with van der Waals surface area (Å²) in [5, 5.41) is 7.96. The minimum atomic E-state index is 0.0535. The van der Waals surface area contributed by atoms with Crippen LogP contribution < -0.4 is 4.74 Å². The molecule has 0 aliphatic heterocycles. The number of hydrogen-bond acceptors (Lipinski definition) is 5. The molecule has 0 radical (unpaired) electrons. The zero-order valence-corrected chi connectivity index (χ0v) is 12.9. The molecule has 5 nitrogen and oxygen atoms in total. The zero-order chi connectivity index (χ0) is 14.8. The van der Waals surface area contributed by atoms with Crippen LogP contribution in [-0.2, 0) is 5.75 Å². The standard InChI is InChI=1S/C15H17N3O2S/c1-9(19)11-5-6-13(20-2)12(7-11)8-21-15-16-14(17-18-15)10-3-4-10/h5-7,10H,3-4,8H2,1-2H3,(H,16,17,18). The van der Waals surface area contributed by atoms with Gasteiger partial charge in [-0.05, 0) is 38.0 Å². The highest BCUT2D eigenvalue weighted by Gasteiger charge is 2.27. The number of thioether (sulfide) groups is 1. The lowest BCUT2D eigenvalue weighted by Crippen LogP contribution is -1.97. The molecule has 1 aromatic heterocycles. The first-order valence-corrected chi connectivity index (χ1v) is 7.89. The van der Waals surface area contributed by atoms with Crippen molar-refractivity contribution in [1.82, 2.24) is 15.2 Å². The predicted octanol–water partition coefficient (Wildman–Crippen LogP) is 3.19. The second-order valence-electron chi connectivity index (χ2n) is 5.15. The number of Topliss-reactive ketones (excluding diaryl/α,β-unsaturated/α-hetero) is 1. The van der Waals surface area contributed by atoms with E-state index in [1.807, 2.05) is 12.1 Å². The first kappa shape index (κ1) is 14.1. The minimum Gasteiger partial charge on any atom is -0.496 e. The molecule has 1 saturated carbocycles. The van der Waals surface area contributed by atoms with Crippen molar-refractivity contribution in [2.75, 3.05) is 7.11 Å². The number of carbonyl (C=O) groups excluding carboxylic acids is 1. The Bertz CT molecular complexity index is 665. The summed E-state index contributed by atoms with van der Waals surface area (Å²) < 4.78 is 5.35. The highest BCUT2D eigenvalue weighted by molar-refractivity contribution is 7.98. The summed E-state index contributed by atoms with van der Waals surface area (Å²) in [5.74, 6) is 3.07. The number of nitrogens with one attached hydrogen (secondary N) is 1. The van der Waals surface area contributed by atoms with Gasteiger partial charge >= 0.3 is 0 Å². The van der Waals surface area contributed by atoms with E-state index >= 15 is 0 Å². The number of ether oxygens (including phenoxy) is 1. The van der Waals surface area contributed by atoms with Crippen LogP contribution in [0.2, 0.25) is 0 Å². The van der Waals surface area contributed by atoms with Crippen molar-refractivity contribution >= 4 is 17.5 Å². The second-order valence-corrected chi connectivity index (χ2v) is 6.09.